The number of para-hydroxylation sites is 1. The van der Waals surface area contributed by atoms with Crippen molar-refractivity contribution in [3.63, 3.8) is 0 Å². The van der Waals surface area contributed by atoms with E-state index < -0.39 is 0 Å². The van der Waals surface area contributed by atoms with Gasteiger partial charge in [-0.1, -0.05) is 54.6 Å². The maximum absolute atomic E-state index is 10.9. The summed E-state index contributed by atoms with van der Waals surface area (Å²) in [6, 6.07) is 22.0. The van der Waals surface area contributed by atoms with Gasteiger partial charge in [0, 0.05) is 12.5 Å². The molecule has 3 aromatic carbocycles. The normalized spacial score (nSPS) is 10.9. The van der Waals surface area contributed by atoms with Gasteiger partial charge in [-0.15, -0.1) is 0 Å². The van der Waals surface area contributed by atoms with Gasteiger partial charge < -0.3 is 4.74 Å². The number of nitrogens with one attached hydrogen (secondary N) is 1. The molecule has 0 aliphatic heterocycles. The molecule has 0 radical (unpaired) electrons. The van der Waals surface area contributed by atoms with Crippen LogP contribution in [0.5, 0.6) is 5.75 Å². The standard InChI is InChI=1S/C20H18N2O2/c1-15(23)22-21-13-17-8-3-5-12-20(17)24-14-18-10-6-9-16-7-2-4-11-19(16)18/h2-13H,14H2,1H3,(H,22,23)/b21-13-. The van der Waals surface area contributed by atoms with Crippen molar-refractivity contribution < 1.29 is 9.53 Å². The highest BCUT2D eigenvalue weighted by Crippen LogP contribution is 2.22. The van der Waals surface area contributed by atoms with Gasteiger partial charge in [-0.3, -0.25) is 4.79 Å². The summed E-state index contributed by atoms with van der Waals surface area (Å²) >= 11 is 0. The molecule has 0 aromatic heterocycles. The van der Waals surface area contributed by atoms with E-state index >= 15 is 0 Å². The fourth-order valence-corrected chi connectivity index (χ4v) is 2.49. The van der Waals surface area contributed by atoms with Crippen molar-refractivity contribution in [3.8, 4) is 5.75 Å². The molecule has 0 bridgehead atoms. The second-order valence-corrected chi connectivity index (χ2v) is 5.39. The Morgan fingerprint density at radius 1 is 1.04 bits per heavy atom. The topological polar surface area (TPSA) is 50.7 Å². The minimum Gasteiger partial charge on any atom is -0.488 e. The van der Waals surface area contributed by atoms with Crippen LogP contribution in [0.2, 0.25) is 0 Å². The van der Waals surface area contributed by atoms with Gasteiger partial charge in [0.1, 0.15) is 12.4 Å². The van der Waals surface area contributed by atoms with Crippen LogP contribution < -0.4 is 10.2 Å². The van der Waals surface area contributed by atoms with Crippen molar-refractivity contribution in [3.05, 3.63) is 77.9 Å². The lowest BCUT2D eigenvalue weighted by atomic mass is 10.1. The van der Waals surface area contributed by atoms with Crippen molar-refractivity contribution in [2.45, 2.75) is 13.5 Å². The van der Waals surface area contributed by atoms with E-state index in [2.05, 4.69) is 34.8 Å². The molecule has 3 rings (SSSR count). The Morgan fingerprint density at radius 2 is 1.79 bits per heavy atom. The lowest BCUT2D eigenvalue weighted by Gasteiger charge is -2.11. The number of ether oxygens (including phenoxy) is 1. The molecule has 0 unspecified atom stereocenters. The fourth-order valence-electron chi connectivity index (χ4n) is 2.49. The molecule has 4 nitrogen and oxygen atoms in total. The summed E-state index contributed by atoms with van der Waals surface area (Å²) in [5, 5.41) is 6.28. The smallest absolute Gasteiger partial charge is 0.236 e. The van der Waals surface area contributed by atoms with Crippen LogP contribution in [0, 0.1) is 0 Å². The average Bonchev–Trinajstić information content (AvgIpc) is 2.60. The Balaban J connectivity index is 1.79. The van der Waals surface area contributed by atoms with Crippen LogP contribution in [0.15, 0.2) is 71.8 Å². The van der Waals surface area contributed by atoms with Crippen LogP contribution in [0.1, 0.15) is 18.1 Å². The van der Waals surface area contributed by atoms with Gasteiger partial charge in [-0.2, -0.15) is 5.10 Å². The van der Waals surface area contributed by atoms with Crippen molar-refractivity contribution in [1.29, 1.82) is 0 Å². The largest absolute Gasteiger partial charge is 0.488 e. The molecular formula is C20H18N2O2. The Labute approximate surface area is 140 Å². The van der Waals surface area contributed by atoms with Crippen molar-refractivity contribution in [2.75, 3.05) is 0 Å². The molecule has 3 aromatic rings. The third-order valence-corrected chi connectivity index (χ3v) is 3.61. The van der Waals surface area contributed by atoms with Crippen LogP contribution in [0.3, 0.4) is 0 Å². The van der Waals surface area contributed by atoms with Gasteiger partial charge in [0.2, 0.25) is 5.91 Å². The number of carbonyl (C=O) groups excluding carboxylic acids is 1. The summed E-state index contributed by atoms with van der Waals surface area (Å²) in [5.74, 6) is 0.514. The van der Waals surface area contributed by atoms with E-state index in [1.807, 2.05) is 42.5 Å². The van der Waals surface area contributed by atoms with Gasteiger partial charge in [0.05, 0.1) is 6.21 Å². The Hall–Kier alpha value is -3.14. The Morgan fingerprint density at radius 3 is 2.67 bits per heavy atom. The van der Waals surface area contributed by atoms with E-state index in [-0.39, 0.29) is 5.91 Å². The van der Waals surface area contributed by atoms with E-state index in [9.17, 15) is 4.79 Å². The van der Waals surface area contributed by atoms with Gasteiger partial charge in [-0.25, -0.2) is 5.43 Å². The monoisotopic (exact) mass is 318 g/mol. The quantitative estimate of drug-likeness (QED) is 0.573. The summed E-state index contributed by atoms with van der Waals surface area (Å²) in [6.07, 6.45) is 1.58. The van der Waals surface area contributed by atoms with Crippen LogP contribution in [-0.2, 0) is 11.4 Å². The number of amides is 1. The Kier molecular flexibility index (Phi) is 4.87. The average molecular weight is 318 g/mol. The lowest BCUT2D eigenvalue weighted by molar-refractivity contribution is -0.118. The van der Waals surface area contributed by atoms with E-state index in [4.69, 9.17) is 4.74 Å². The molecule has 0 saturated carbocycles. The first kappa shape index (κ1) is 15.7. The van der Waals surface area contributed by atoms with Crippen molar-refractivity contribution >= 4 is 22.9 Å². The summed E-state index contributed by atoms with van der Waals surface area (Å²) in [5.41, 5.74) is 4.33. The molecule has 0 fully saturated rings. The molecule has 24 heavy (non-hydrogen) atoms. The lowest BCUT2D eigenvalue weighted by Crippen LogP contribution is -2.12. The SMILES string of the molecule is CC(=O)N/N=C\c1ccccc1OCc1cccc2ccccc12. The molecule has 1 N–H and O–H groups in total. The molecule has 0 aliphatic carbocycles. The molecule has 0 heterocycles. The number of carbonyl (C=O) groups is 1. The van der Waals surface area contributed by atoms with Crippen molar-refractivity contribution in [2.24, 2.45) is 5.10 Å². The Bertz CT molecular complexity index is 882. The summed E-state index contributed by atoms with van der Waals surface area (Å²) < 4.78 is 5.98. The molecule has 4 heteroatoms. The predicted molar refractivity (Wildman–Crippen MR) is 96.1 cm³/mol. The first-order chi connectivity index (χ1) is 11.7. The number of hydrogen-bond donors (Lipinski definition) is 1. The molecule has 0 saturated heterocycles. The van der Waals surface area contributed by atoms with Gasteiger partial charge >= 0.3 is 0 Å². The zero-order valence-electron chi connectivity index (χ0n) is 13.4. The highest BCUT2D eigenvalue weighted by molar-refractivity contribution is 5.86. The van der Waals surface area contributed by atoms with E-state index in [0.717, 1.165) is 16.9 Å². The molecule has 0 atom stereocenters. The third kappa shape index (κ3) is 3.79. The second kappa shape index (κ2) is 7.42. The van der Waals surface area contributed by atoms with Crippen LogP contribution in [0.4, 0.5) is 0 Å². The number of rotatable bonds is 5. The molecule has 120 valence electrons. The zero-order chi connectivity index (χ0) is 16.8. The van der Waals surface area contributed by atoms with E-state index in [0.29, 0.717) is 6.61 Å². The number of benzene rings is 3. The molecular weight excluding hydrogens is 300 g/mol. The number of hydrazone groups is 1. The van der Waals surface area contributed by atoms with Crippen LogP contribution in [0.25, 0.3) is 10.8 Å². The minimum absolute atomic E-state index is 0.208. The van der Waals surface area contributed by atoms with E-state index in [1.54, 1.807) is 6.21 Å². The van der Waals surface area contributed by atoms with Gasteiger partial charge in [-0.05, 0) is 28.5 Å². The maximum atomic E-state index is 10.9. The second-order valence-electron chi connectivity index (χ2n) is 5.39. The minimum atomic E-state index is -0.208. The zero-order valence-corrected chi connectivity index (χ0v) is 13.4. The number of fused-ring (bicyclic) bond motifs is 1. The highest BCUT2D eigenvalue weighted by Gasteiger charge is 2.04. The first-order valence-corrected chi connectivity index (χ1v) is 7.72. The number of nitrogens with zero attached hydrogens (tertiary/aromatic N) is 1. The van der Waals surface area contributed by atoms with E-state index in [1.165, 1.54) is 17.7 Å². The third-order valence-electron chi connectivity index (χ3n) is 3.61. The molecule has 0 aliphatic rings. The summed E-state index contributed by atoms with van der Waals surface area (Å²) in [4.78, 5) is 10.9. The van der Waals surface area contributed by atoms with Gasteiger partial charge in [0.25, 0.3) is 0 Å². The summed E-state index contributed by atoms with van der Waals surface area (Å²) in [6.45, 7) is 1.88. The number of hydrogen-bond acceptors (Lipinski definition) is 3. The molecule has 1 amide bonds. The predicted octanol–water partition coefficient (Wildman–Crippen LogP) is 3.89. The summed E-state index contributed by atoms with van der Waals surface area (Å²) in [7, 11) is 0. The van der Waals surface area contributed by atoms with Crippen LogP contribution in [-0.4, -0.2) is 12.1 Å². The first-order valence-electron chi connectivity index (χ1n) is 7.72. The van der Waals surface area contributed by atoms with Crippen molar-refractivity contribution in [1.82, 2.24) is 5.43 Å². The maximum Gasteiger partial charge on any atom is 0.236 e. The van der Waals surface area contributed by atoms with Gasteiger partial charge in [0.15, 0.2) is 0 Å². The molecule has 0 spiro atoms. The van der Waals surface area contributed by atoms with Crippen LogP contribution >= 0.6 is 0 Å². The fraction of sp³-hybridized carbons (Fsp3) is 0.100. The highest BCUT2D eigenvalue weighted by atomic mass is 16.5.